The number of hydrogen-bond acceptors (Lipinski definition) is 3. The number of aromatic amines is 1. The van der Waals surface area contributed by atoms with Crippen LogP contribution in [-0.4, -0.2) is 22.1 Å². The van der Waals surface area contributed by atoms with Gasteiger partial charge in [0.2, 0.25) is 0 Å². The van der Waals surface area contributed by atoms with E-state index in [9.17, 15) is 9.59 Å². The number of carbonyl (C=O) groups excluding carboxylic acids is 1. The quantitative estimate of drug-likeness (QED) is 0.875. The normalized spacial score (nSPS) is 17.5. The molecule has 0 radical (unpaired) electrons. The van der Waals surface area contributed by atoms with Gasteiger partial charge in [-0.15, -0.1) is 0 Å². The molecule has 0 spiro atoms. The van der Waals surface area contributed by atoms with Crippen LogP contribution in [0.5, 0.6) is 5.75 Å². The predicted octanol–water partition coefficient (Wildman–Crippen LogP) is 1.36. The number of hydrogen-bond donors (Lipinski definition) is 2. The number of aromatic nitrogens is 2. The third-order valence-electron chi connectivity index (χ3n) is 3.73. The zero-order chi connectivity index (χ0) is 14.8. The van der Waals surface area contributed by atoms with Crippen LogP contribution in [0.1, 0.15) is 34.9 Å². The highest BCUT2D eigenvalue weighted by molar-refractivity contribution is 5.92. The molecule has 1 aliphatic rings. The lowest BCUT2D eigenvalue weighted by Gasteiger charge is -2.18. The van der Waals surface area contributed by atoms with Gasteiger partial charge in [-0.25, -0.2) is 4.79 Å². The Kier molecular flexibility index (Phi) is 3.51. The van der Waals surface area contributed by atoms with E-state index in [-0.39, 0.29) is 17.6 Å². The van der Waals surface area contributed by atoms with Crippen LogP contribution >= 0.6 is 0 Å². The Labute approximate surface area is 121 Å². The summed E-state index contributed by atoms with van der Waals surface area (Å²) in [6.07, 6.45) is 3.10. The van der Waals surface area contributed by atoms with E-state index in [2.05, 4.69) is 10.3 Å². The van der Waals surface area contributed by atoms with Gasteiger partial charge in [-0.1, -0.05) is 18.2 Å². The average Bonchev–Trinajstić information content (AvgIpc) is 2.71. The Morgan fingerprint density at radius 2 is 2.24 bits per heavy atom. The first-order valence-electron chi connectivity index (χ1n) is 6.94. The second-order valence-electron chi connectivity index (χ2n) is 5.09. The van der Waals surface area contributed by atoms with Gasteiger partial charge in [0.1, 0.15) is 11.4 Å². The molecule has 6 heteroatoms. The Balaban J connectivity index is 1.86. The molecular weight excluding hydrogens is 270 g/mol. The Morgan fingerprint density at radius 1 is 1.43 bits per heavy atom. The molecule has 6 nitrogen and oxygen atoms in total. The second-order valence-corrected chi connectivity index (χ2v) is 5.09. The third kappa shape index (κ3) is 2.56. The summed E-state index contributed by atoms with van der Waals surface area (Å²) in [5.41, 5.74) is 0.997. The minimum absolute atomic E-state index is 0.110. The second kappa shape index (κ2) is 5.47. The summed E-state index contributed by atoms with van der Waals surface area (Å²) < 4.78 is 6.98. The summed E-state index contributed by atoms with van der Waals surface area (Å²) in [6.45, 7) is 0.645. The van der Waals surface area contributed by atoms with Crippen molar-refractivity contribution in [3.8, 4) is 5.75 Å². The van der Waals surface area contributed by atoms with E-state index < -0.39 is 0 Å². The molecule has 0 unspecified atom stereocenters. The summed E-state index contributed by atoms with van der Waals surface area (Å²) in [4.78, 5) is 26.2. The smallest absolute Gasteiger partial charge is 0.325 e. The number of carbonyl (C=O) groups is 1. The molecule has 2 heterocycles. The zero-order valence-corrected chi connectivity index (χ0v) is 11.8. The van der Waals surface area contributed by atoms with E-state index in [1.165, 1.54) is 10.8 Å². The molecule has 110 valence electrons. The van der Waals surface area contributed by atoms with Crippen molar-refractivity contribution >= 4 is 5.91 Å². The average molecular weight is 287 g/mol. The van der Waals surface area contributed by atoms with Crippen LogP contribution in [0, 0.1) is 0 Å². The minimum Gasteiger partial charge on any atom is -0.493 e. The molecule has 1 atom stereocenters. The summed E-state index contributed by atoms with van der Waals surface area (Å²) in [5, 5.41) is 2.99. The molecule has 1 amide bonds. The van der Waals surface area contributed by atoms with Gasteiger partial charge >= 0.3 is 5.69 Å². The van der Waals surface area contributed by atoms with Crippen molar-refractivity contribution < 1.29 is 9.53 Å². The lowest BCUT2D eigenvalue weighted by molar-refractivity contribution is 0.0926. The monoisotopic (exact) mass is 287 g/mol. The fraction of sp³-hybridized carbons (Fsp3) is 0.333. The largest absolute Gasteiger partial charge is 0.493 e. The van der Waals surface area contributed by atoms with E-state index in [0.29, 0.717) is 12.3 Å². The molecule has 0 aliphatic carbocycles. The molecule has 1 aliphatic heterocycles. The molecule has 2 N–H and O–H groups in total. The van der Waals surface area contributed by atoms with Crippen molar-refractivity contribution in [1.82, 2.24) is 14.9 Å². The number of nitrogens with one attached hydrogen (secondary N) is 2. The summed E-state index contributed by atoms with van der Waals surface area (Å²) in [7, 11) is 1.57. The van der Waals surface area contributed by atoms with Crippen LogP contribution in [0.2, 0.25) is 0 Å². The van der Waals surface area contributed by atoms with Gasteiger partial charge in [0.25, 0.3) is 5.91 Å². The molecule has 0 fully saturated rings. The lowest BCUT2D eigenvalue weighted by atomic mass is 10.0. The van der Waals surface area contributed by atoms with Crippen LogP contribution in [0.15, 0.2) is 35.3 Å². The highest BCUT2D eigenvalue weighted by Gasteiger charge is 2.22. The zero-order valence-electron chi connectivity index (χ0n) is 11.8. The Hall–Kier alpha value is -2.50. The molecule has 2 aromatic rings. The fourth-order valence-corrected chi connectivity index (χ4v) is 2.56. The van der Waals surface area contributed by atoms with Crippen molar-refractivity contribution in [3.05, 3.63) is 52.2 Å². The molecule has 3 rings (SSSR count). The molecule has 0 saturated heterocycles. The number of para-hydroxylation sites is 1. The molecule has 0 bridgehead atoms. The van der Waals surface area contributed by atoms with Gasteiger partial charge in [0.15, 0.2) is 0 Å². The van der Waals surface area contributed by atoms with Crippen molar-refractivity contribution in [1.29, 1.82) is 0 Å². The Bertz CT molecular complexity index is 717. The summed E-state index contributed by atoms with van der Waals surface area (Å²) in [5.74, 6) is 0.542. The number of rotatable bonds is 2. The first-order valence-corrected chi connectivity index (χ1v) is 6.94. The molecule has 21 heavy (non-hydrogen) atoms. The first-order chi connectivity index (χ1) is 10.2. The van der Waals surface area contributed by atoms with Crippen molar-refractivity contribution in [2.24, 2.45) is 7.05 Å². The van der Waals surface area contributed by atoms with Crippen LogP contribution in [0.25, 0.3) is 0 Å². The maximum absolute atomic E-state index is 12.3. The van der Waals surface area contributed by atoms with Crippen molar-refractivity contribution in [2.75, 3.05) is 6.61 Å². The topological polar surface area (TPSA) is 76.1 Å². The van der Waals surface area contributed by atoms with E-state index >= 15 is 0 Å². The van der Waals surface area contributed by atoms with Gasteiger partial charge in [-0.3, -0.25) is 9.36 Å². The number of nitrogens with zero attached hydrogens (tertiary/aromatic N) is 1. The van der Waals surface area contributed by atoms with Crippen LogP contribution in [0.4, 0.5) is 0 Å². The number of imidazole rings is 1. The van der Waals surface area contributed by atoms with Gasteiger partial charge < -0.3 is 15.0 Å². The number of fused-ring (bicyclic) bond motifs is 1. The van der Waals surface area contributed by atoms with Gasteiger partial charge in [0, 0.05) is 18.8 Å². The van der Waals surface area contributed by atoms with E-state index in [0.717, 1.165) is 24.2 Å². The highest BCUT2D eigenvalue weighted by atomic mass is 16.5. The van der Waals surface area contributed by atoms with Crippen LogP contribution < -0.4 is 15.7 Å². The van der Waals surface area contributed by atoms with E-state index in [1.54, 1.807) is 7.05 Å². The SMILES string of the molecule is Cn1c(C(=O)N[C@H]2CCCOc3ccccc32)c[nH]c1=O. The van der Waals surface area contributed by atoms with Crippen molar-refractivity contribution in [2.45, 2.75) is 18.9 Å². The highest BCUT2D eigenvalue weighted by Crippen LogP contribution is 2.31. The maximum Gasteiger partial charge on any atom is 0.325 e. The molecule has 1 aromatic heterocycles. The number of H-pyrrole nitrogens is 1. The molecular formula is C15H17N3O3. The summed E-state index contributed by atoms with van der Waals surface area (Å²) in [6, 6.07) is 7.60. The Morgan fingerprint density at radius 3 is 3.00 bits per heavy atom. The molecule has 0 saturated carbocycles. The first kappa shape index (κ1) is 13.5. The minimum atomic E-state index is -0.301. The van der Waals surface area contributed by atoms with E-state index in [1.807, 2.05) is 24.3 Å². The predicted molar refractivity (Wildman–Crippen MR) is 77.4 cm³/mol. The number of benzene rings is 1. The van der Waals surface area contributed by atoms with Crippen LogP contribution in [0.3, 0.4) is 0 Å². The number of ether oxygens (including phenoxy) is 1. The molecule has 1 aromatic carbocycles. The standard InChI is InChI=1S/C15H17N3O3/c1-18-12(9-16-15(18)20)14(19)17-11-6-4-8-21-13-7-3-2-5-10(11)13/h2-3,5,7,9,11H,4,6,8H2,1H3,(H,16,20)(H,17,19)/t11-/m0/s1. The van der Waals surface area contributed by atoms with Gasteiger partial charge in [-0.2, -0.15) is 0 Å². The van der Waals surface area contributed by atoms with Gasteiger partial charge in [-0.05, 0) is 18.9 Å². The van der Waals surface area contributed by atoms with Crippen molar-refractivity contribution in [3.63, 3.8) is 0 Å². The maximum atomic E-state index is 12.3. The van der Waals surface area contributed by atoms with Gasteiger partial charge in [0.05, 0.1) is 12.6 Å². The lowest BCUT2D eigenvalue weighted by Crippen LogP contribution is -2.31. The third-order valence-corrected chi connectivity index (χ3v) is 3.73. The van der Waals surface area contributed by atoms with Crippen LogP contribution in [-0.2, 0) is 7.05 Å². The van der Waals surface area contributed by atoms with E-state index in [4.69, 9.17) is 4.74 Å². The fourth-order valence-electron chi connectivity index (χ4n) is 2.56. The summed E-state index contributed by atoms with van der Waals surface area (Å²) >= 11 is 0. The number of amides is 1.